The Hall–Kier alpha value is -2.04. The fourth-order valence-corrected chi connectivity index (χ4v) is 1.63. The molecule has 0 radical (unpaired) electrons. The molecule has 1 aromatic rings. The summed E-state index contributed by atoms with van der Waals surface area (Å²) < 4.78 is 43.4. The van der Waals surface area contributed by atoms with E-state index in [1.165, 1.54) is 12.1 Å². The Morgan fingerprint density at radius 3 is 2.21 bits per heavy atom. The van der Waals surface area contributed by atoms with Crippen LogP contribution in [-0.2, 0) is 9.53 Å². The van der Waals surface area contributed by atoms with E-state index in [0.29, 0.717) is 11.6 Å². The molecule has 0 spiro atoms. The SMILES string of the molecule is C=CC(=O)OC(C(C=C)c1ccccc1)C(F)(F)F. The van der Waals surface area contributed by atoms with E-state index in [1.807, 2.05) is 0 Å². The van der Waals surface area contributed by atoms with E-state index in [9.17, 15) is 18.0 Å². The Morgan fingerprint density at radius 1 is 1.21 bits per heavy atom. The van der Waals surface area contributed by atoms with Gasteiger partial charge in [0.15, 0.2) is 0 Å². The molecule has 0 aliphatic rings. The summed E-state index contributed by atoms with van der Waals surface area (Å²) in [5, 5.41) is 0. The zero-order valence-electron chi connectivity index (χ0n) is 10.1. The monoisotopic (exact) mass is 270 g/mol. The van der Waals surface area contributed by atoms with Gasteiger partial charge in [-0.15, -0.1) is 6.58 Å². The maximum atomic E-state index is 13.0. The van der Waals surface area contributed by atoms with Crippen LogP contribution in [0.5, 0.6) is 0 Å². The second kappa shape index (κ2) is 6.22. The lowest BCUT2D eigenvalue weighted by atomic mass is 9.93. The summed E-state index contributed by atoms with van der Waals surface area (Å²) in [6, 6.07) is 7.94. The second-order valence-electron chi connectivity index (χ2n) is 3.78. The summed E-state index contributed by atoms with van der Waals surface area (Å²) >= 11 is 0. The maximum Gasteiger partial charge on any atom is 0.426 e. The molecule has 0 bridgehead atoms. The van der Waals surface area contributed by atoms with Crippen molar-refractivity contribution in [1.29, 1.82) is 0 Å². The number of alkyl halides is 3. The lowest BCUT2D eigenvalue weighted by Crippen LogP contribution is -2.38. The molecule has 2 nitrogen and oxygen atoms in total. The lowest BCUT2D eigenvalue weighted by Gasteiger charge is -2.26. The minimum absolute atomic E-state index is 0.372. The normalized spacial score (nSPS) is 14.3. The Labute approximate surface area is 109 Å². The molecular weight excluding hydrogens is 257 g/mol. The zero-order chi connectivity index (χ0) is 14.5. The molecule has 0 amide bonds. The van der Waals surface area contributed by atoms with Crippen molar-refractivity contribution in [2.24, 2.45) is 0 Å². The van der Waals surface area contributed by atoms with Crippen LogP contribution in [-0.4, -0.2) is 18.2 Å². The fourth-order valence-electron chi connectivity index (χ4n) is 1.63. The Morgan fingerprint density at radius 2 is 1.79 bits per heavy atom. The van der Waals surface area contributed by atoms with E-state index >= 15 is 0 Å². The first kappa shape index (κ1) is 15.0. The molecule has 0 saturated heterocycles. The molecule has 5 heteroatoms. The van der Waals surface area contributed by atoms with Gasteiger partial charge in [0.2, 0.25) is 6.10 Å². The second-order valence-corrected chi connectivity index (χ2v) is 3.78. The van der Waals surface area contributed by atoms with Crippen LogP contribution < -0.4 is 0 Å². The van der Waals surface area contributed by atoms with Crippen molar-refractivity contribution in [2.75, 3.05) is 0 Å². The van der Waals surface area contributed by atoms with Crippen LogP contribution in [0.1, 0.15) is 11.5 Å². The van der Waals surface area contributed by atoms with Gasteiger partial charge in [-0.1, -0.05) is 43.0 Å². The molecule has 1 aromatic carbocycles. The third kappa shape index (κ3) is 3.98. The number of hydrogen-bond acceptors (Lipinski definition) is 2. The van der Waals surface area contributed by atoms with Gasteiger partial charge in [0.25, 0.3) is 0 Å². The number of ether oxygens (including phenoxy) is 1. The van der Waals surface area contributed by atoms with Crippen LogP contribution in [0.25, 0.3) is 0 Å². The molecule has 0 saturated carbocycles. The van der Waals surface area contributed by atoms with E-state index < -0.39 is 24.2 Å². The quantitative estimate of drug-likeness (QED) is 0.464. The van der Waals surface area contributed by atoms with E-state index in [1.54, 1.807) is 18.2 Å². The average molecular weight is 270 g/mol. The van der Waals surface area contributed by atoms with E-state index in [2.05, 4.69) is 17.9 Å². The van der Waals surface area contributed by atoms with Gasteiger partial charge in [0.1, 0.15) is 0 Å². The predicted molar refractivity (Wildman–Crippen MR) is 65.5 cm³/mol. The number of carbonyl (C=O) groups is 1. The molecule has 2 unspecified atom stereocenters. The highest BCUT2D eigenvalue weighted by atomic mass is 19.4. The number of benzene rings is 1. The van der Waals surface area contributed by atoms with Crippen molar-refractivity contribution in [3.63, 3.8) is 0 Å². The first-order valence-electron chi connectivity index (χ1n) is 5.47. The predicted octanol–water partition coefficient (Wildman–Crippen LogP) is 3.62. The minimum atomic E-state index is -4.69. The van der Waals surface area contributed by atoms with Crippen molar-refractivity contribution in [3.05, 3.63) is 61.2 Å². The van der Waals surface area contributed by atoms with Crippen molar-refractivity contribution in [3.8, 4) is 0 Å². The Bertz CT molecular complexity index is 452. The van der Waals surface area contributed by atoms with Crippen LogP contribution in [0.15, 0.2) is 55.6 Å². The Balaban J connectivity index is 3.10. The largest absolute Gasteiger partial charge is 0.449 e. The molecule has 0 fully saturated rings. The molecule has 19 heavy (non-hydrogen) atoms. The van der Waals surface area contributed by atoms with E-state index in [0.717, 1.165) is 6.08 Å². The summed E-state index contributed by atoms with van der Waals surface area (Å²) in [6.07, 6.45) is -5.15. The summed E-state index contributed by atoms with van der Waals surface area (Å²) in [6.45, 7) is 6.47. The number of halogens is 3. The highest BCUT2D eigenvalue weighted by Gasteiger charge is 2.47. The molecule has 2 atom stereocenters. The van der Waals surface area contributed by atoms with Crippen LogP contribution >= 0.6 is 0 Å². The van der Waals surface area contributed by atoms with Crippen molar-refractivity contribution in [1.82, 2.24) is 0 Å². The molecule has 0 aliphatic heterocycles. The van der Waals surface area contributed by atoms with Gasteiger partial charge >= 0.3 is 12.1 Å². The first-order chi connectivity index (χ1) is 8.90. The van der Waals surface area contributed by atoms with Gasteiger partial charge in [-0.25, -0.2) is 4.79 Å². The number of carbonyl (C=O) groups excluding carboxylic acids is 1. The highest BCUT2D eigenvalue weighted by Crippen LogP contribution is 2.35. The van der Waals surface area contributed by atoms with Crippen molar-refractivity contribution in [2.45, 2.75) is 18.2 Å². The van der Waals surface area contributed by atoms with E-state index in [-0.39, 0.29) is 0 Å². The van der Waals surface area contributed by atoms with Gasteiger partial charge in [0.05, 0.1) is 0 Å². The molecule has 0 heterocycles. The van der Waals surface area contributed by atoms with Crippen molar-refractivity contribution < 1.29 is 22.7 Å². The average Bonchev–Trinajstić information content (AvgIpc) is 2.38. The van der Waals surface area contributed by atoms with E-state index in [4.69, 9.17) is 0 Å². The third-order valence-corrected chi connectivity index (χ3v) is 2.50. The summed E-state index contributed by atoms with van der Waals surface area (Å²) in [5.74, 6) is -2.28. The maximum absolute atomic E-state index is 13.0. The highest BCUT2D eigenvalue weighted by molar-refractivity contribution is 5.81. The van der Waals surface area contributed by atoms with Crippen LogP contribution in [0, 0.1) is 0 Å². The van der Waals surface area contributed by atoms with Gasteiger partial charge < -0.3 is 4.74 Å². The summed E-state index contributed by atoms with van der Waals surface area (Å²) in [5.41, 5.74) is 0.372. The van der Waals surface area contributed by atoms with Crippen molar-refractivity contribution >= 4 is 5.97 Å². The van der Waals surface area contributed by atoms with Gasteiger partial charge in [-0.2, -0.15) is 13.2 Å². The molecular formula is C14H13F3O2. The molecule has 1 rings (SSSR count). The first-order valence-corrected chi connectivity index (χ1v) is 5.47. The van der Waals surface area contributed by atoms with Gasteiger partial charge in [-0.3, -0.25) is 0 Å². The smallest absolute Gasteiger partial charge is 0.426 e. The van der Waals surface area contributed by atoms with Gasteiger partial charge in [0, 0.05) is 12.0 Å². The zero-order valence-corrected chi connectivity index (χ0v) is 10.1. The summed E-state index contributed by atoms with van der Waals surface area (Å²) in [7, 11) is 0. The topological polar surface area (TPSA) is 26.3 Å². The number of rotatable bonds is 5. The molecule has 0 aromatic heterocycles. The fraction of sp³-hybridized carbons (Fsp3) is 0.214. The van der Waals surface area contributed by atoms with Gasteiger partial charge in [-0.05, 0) is 5.56 Å². The van der Waals surface area contributed by atoms with Crippen LogP contribution in [0.2, 0.25) is 0 Å². The molecule has 0 aliphatic carbocycles. The minimum Gasteiger partial charge on any atom is -0.449 e. The molecule has 0 N–H and O–H groups in total. The van der Waals surface area contributed by atoms with Crippen LogP contribution in [0.3, 0.4) is 0 Å². The number of hydrogen-bond donors (Lipinski definition) is 0. The molecule has 102 valence electrons. The van der Waals surface area contributed by atoms with Crippen LogP contribution in [0.4, 0.5) is 13.2 Å². The number of esters is 1. The third-order valence-electron chi connectivity index (χ3n) is 2.50. The lowest BCUT2D eigenvalue weighted by molar-refractivity contribution is -0.221. The standard InChI is InChI=1S/C14H13F3O2/c1-3-11(10-8-6-5-7-9-10)13(14(15,16)17)19-12(18)4-2/h3-9,11,13H,1-2H2. The summed E-state index contributed by atoms with van der Waals surface area (Å²) in [4.78, 5) is 11.0. The Kier molecular flexibility index (Phi) is 4.92.